The summed E-state index contributed by atoms with van der Waals surface area (Å²) in [4.78, 5) is 4.42. The first-order valence-corrected chi connectivity index (χ1v) is 14.2. The Bertz CT molecular complexity index is 1950. The van der Waals surface area contributed by atoms with Gasteiger partial charge in [-0.15, -0.1) is 0 Å². The average Bonchev–Trinajstić information content (AvgIpc) is 3.69. The number of aromatic nitrogens is 4. The third kappa shape index (κ3) is 4.63. The van der Waals surface area contributed by atoms with Crippen molar-refractivity contribution in [3.63, 3.8) is 0 Å². The minimum absolute atomic E-state index is 0.0512. The van der Waals surface area contributed by atoms with Crippen molar-refractivity contribution in [3.8, 4) is 22.4 Å². The van der Waals surface area contributed by atoms with E-state index < -0.39 is 17.4 Å². The molecule has 44 heavy (non-hydrogen) atoms. The van der Waals surface area contributed by atoms with Gasteiger partial charge in [0.05, 0.1) is 11.9 Å². The van der Waals surface area contributed by atoms with Crippen LogP contribution in [0.4, 0.5) is 17.6 Å². The Kier molecular flexibility index (Phi) is 6.77. The maximum absolute atomic E-state index is 14.9. The second-order valence-electron chi connectivity index (χ2n) is 10.8. The monoisotopic (exact) mass is 590 g/mol. The van der Waals surface area contributed by atoms with Gasteiger partial charge in [0.2, 0.25) is 0 Å². The summed E-state index contributed by atoms with van der Waals surface area (Å²) in [5.41, 5.74) is 1.72. The van der Waals surface area contributed by atoms with Gasteiger partial charge < -0.3 is 0 Å². The largest absolute Gasteiger partial charge is 0.435 e. The summed E-state index contributed by atoms with van der Waals surface area (Å²) in [6.45, 7) is 0. The van der Waals surface area contributed by atoms with Crippen LogP contribution in [-0.2, 0) is 11.7 Å². The number of halogens is 4. The van der Waals surface area contributed by atoms with Crippen molar-refractivity contribution >= 4 is 5.65 Å². The number of benzene rings is 3. The van der Waals surface area contributed by atoms with Gasteiger partial charge in [-0.25, -0.2) is 9.37 Å². The Morgan fingerprint density at radius 1 is 0.727 bits per heavy atom. The van der Waals surface area contributed by atoms with Gasteiger partial charge in [0.25, 0.3) is 0 Å². The molecule has 0 N–H and O–H groups in total. The van der Waals surface area contributed by atoms with E-state index in [2.05, 4.69) is 10.1 Å². The lowest BCUT2D eigenvalue weighted by Gasteiger charge is -2.41. The number of hydrogen-bond acceptors (Lipinski definition) is 2. The molecule has 6 aromatic rings. The summed E-state index contributed by atoms with van der Waals surface area (Å²) < 4.78 is 61.4. The van der Waals surface area contributed by atoms with Crippen molar-refractivity contribution in [1.29, 1.82) is 0 Å². The molecule has 1 aliphatic rings. The van der Waals surface area contributed by atoms with Crippen LogP contribution in [0.15, 0.2) is 140 Å². The van der Waals surface area contributed by atoms with E-state index in [4.69, 9.17) is 0 Å². The molecule has 1 aliphatic carbocycles. The Hall–Kier alpha value is -5.24. The van der Waals surface area contributed by atoms with Gasteiger partial charge in [-0.3, -0.25) is 9.08 Å². The van der Waals surface area contributed by atoms with E-state index in [1.807, 2.05) is 85.0 Å². The molecule has 7 rings (SSSR count). The van der Waals surface area contributed by atoms with E-state index in [1.165, 1.54) is 23.0 Å². The molecule has 8 heteroatoms. The highest BCUT2D eigenvalue weighted by atomic mass is 19.4. The zero-order valence-corrected chi connectivity index (χ0v) is 23.4. The zero-order valence-electron chi connectivity index (χ0n) is 23.4. The third-order valence-corrected chi connectivity index (χ3v) is 8.25. The van der Waals surface area contributed by atoms with Crippen LogP contribution < -0.4 is 0 Å². The van der Waals surface area contributed by atoms with E-state index in [0.29, 0.717) is 28.9 Å². The summed E-state index contributed by atoms with van der Waals surface area (Å²) in [6.07, 6.45) is 8.62. The number of nitrogens with zero attached hydrogens (tertiary/aromatic N) is 4. The van der Waals surface area contributed by atoms with Gasteiger partial charge in [-0.1, -0.05) is 85.0 Å². The second-order valence-corrected chi connectivity index (χ2v) is 10.8. The molecule has 0 aliphatic heterocycles. The molecule has 0 spiro atoms. The summed E-state index contributed by atoms with van der Waals surface area (Å²) in [5, 5.41) is 4.38. The van der Waals surface area contributed by atoms with Gasteiger partial charge in [0.1, 0.15) is 17.0 Å². The van der Waals surface area contributed by atoms with Gasteiger partial charge in [0.15, 0.2) is 5.69 Å². The number of allylic oxidation sites excluding steroid dienone is 4. The number of pyridine rings is 1. The number of hydrogen-bond donors (Lipinski definition) is 0. The molecule has 3 aromatic carbocycles. The molecule has 0 amide bonds. The molecule has 3 aromatic heterocycles. The lowest BCUT2D eigenvalue weighted by molar-refractivity contribution is -0.141. The molecule has 0 radical (unpaired) electrons. The Labute approximate surface area is 251 Å². The van der Waals surface area contributed by atoms with E-state index in [-0.39, 0.29) is 17.3 Å². The van der Waals surface area contributed by atoms with Crippen molar-refractivity contribution in [2.75, 3.05) is 0 Å². The molecule has 0 saturated carbocycles. The van der Waals surface area contributed by atoms with Crippen LogP contribution in [0.1, 0.15) is 23.2 Å². The molecule has 0 bridgehead atoms. The fourth-order valence-corrected chi connectivity index (χ4v) is 6.25. The summed E-state index contributed by atoms with van der Waals surface area (Å²) >= 11 is 0. The topological polar surface area (TPSA) is 35.1 Å². The van der Waals surface area contributed by atoms with Gasteiger partial charge in [-0.05, 0) is 53.9 Å². The van der Waals surface area contributed by atoms with Crippen molar-refractivity contribution < 1.29 is 17.6 Å². The van der Waals surface area contributed by atoms with Crippen LogP contribution in [0.5, 0.6) is 0 Å². The molecule has 0 saturated heterocycles. The van der Waals surface area contributed by atoms with Crippen LogP contribution >= 0.6 is 0 Å². The number of rotatable bonds is 6. The van der Waals surface area contributed by atoms with E-state index >= 15 is 0 Å². The maximum atomic E-state index is 14.9. The molecule has 4 nitrogen and oxygen atoms in total. The van der Waals surface area contributed by atoms with Crippen LogP contribution in [0.25, 0.3) is 28.0 Å². The summed E-state index contributed by atoms with van der Waals surface area (Å²) in [5.74, 6) is -0.610. The summed E-state index contributed by atoms with van der Waals surface area (Å²) in [7, 11) is 0. The lowest BCUT2D eigenvalue weighted by Crippen LogP contribution is -2.43. The summed E-state index contributed by atoms with van der Waals surface area (Å²) in [6, 6.07) is 28.4. The number of imidazole rings is 1. The van der Waals surface area contributed by atoms with Crippen LogP contribution in [0, 0.1) is 11.7 Å². The third-order valence-electron chi connectivity index (χ3n) is 8.25. The zero-order chi connectivity index (χ0) is 30.3. The highest BCUT2D eigenvalue weighted by Gasteiger charge is 2.46. The van der Waals surface area contributed by atoms with E-state index in [0.717, 1.165) is 11.1 Å². The van der Waals surface area contributed by atoms with Crippen molar-refractivity contribution in [1.82, 2.24) is 19.2 Å². The van der Waals surface area contributed by atoms with Gasteiger partial charge >= 0.3 is 6.18 Å². The molecule has 1 atom stereocenters. The quantitative estimate of drug-likeness (QED) is 0.182. The predicted molar refractivity (Wildman–Crippen MR) is 162 cm³/mol. The van der Waals surface area contributed by atoms with E-state index in [9.17, 15) is 17.6 Å². The predicted octanol–water partition coefficient (Wildman–Crippen LogP) is 8.95. The standard InChI is InChI=1S/C36H26F4N4/c37-30-19-16-25(17-20-30)32-22-41-33-21-18-26(23-43(32)33)31-24-44(42-34(31)36(38,39)40)35(27-10-4-1-5-11-27,28-12-6-2-7-13-28)29-14-8-3-9-15-29/h1-14,16-24,29H,15H2. The second kappa shape index (κ2) is 10.8. The normalized spacial score (nSPS) is 15.2. The van der Waals surface area contributed by atoms with Crippen LogP contribution in [0.3, 0.4) is 0 Å². The van der Waals surface area contributed by atoms with Crippen molar-refractivity contribution in [2.24, 2.45) is 5.92 Å². The lowest BCUT2D eigenvalue weighted by atomic mass is 9.70. The maximum Gasteiger partial charge on any atom is 0.435 e. The highest BCUT2D eigenvalue weighted by molar-refractivity contribution is 5.71. The van der Waals surface area contributed by atoms with Gasteiger partial charge in [0, 0.05) is 35.0 Å². The molecule has 1 unspecified atom stereocenters. The molecule has 3 heterocycles. The van der Waals surface area contributed by atoms with Crippen molar-refractivity contribution in [3.05, 3.63) is 163 Å². The minimum atomic E-state index is -4.73. The highest BCUT2D eigenvalue weighted by Crippen LogP contribution is 2.46. The molecular weight excluding hydrogens is 564 g/mol. The molecule has 0 fully saturated rings. The van der Waals surface area contributed by atoms with Crippen LogP contribution in [0.2, 0.25) is 0 Å². The number of alkyl halides is 3. The average molecular weight is 591 g/mol. The fraction of sp³-hybridized carbons (Fsp3) is 0.111. The van der Waals surface area contributed by atoms with Gasteiger partial charge in [-0.2, -0.15) is 18.3 Å². The first kappa shape index (κ1) is 27.6. The number of fused-ring (bicyclic) bond motifs is 1. The Morgan fingerprint density at radius 2 is 1.39 bits per heavy atom. The Balaban J connectivity index is 1.49. The SMILES string of the molecule is Fc1ccc(-c2cnc3ccc(-c4cn(C(c5ccccc5)(c5ccccc5)C5C=CC=CC5)nc4C(F)(F)F)cn23)cc1. The van der Waals surface area contributed by atoms with E-state index in [1.54, 1.807) is 41.1 Å². The van der Waals surface area contributed by atoms with Crippen LogP contribution in [-0.4, -0.2) is 19.2 Å². The molecule has 218 valence electrons. The minimum Gasteiger partial charge on any atom is -0.299 e. The smallest absolute Gasteiger partial charge is 0.299 e. The Morgan fingerprint density at radius 3 is 2.00 bits per heavy atom. The first-order chi connectivity index (χ1) is 21.4. The molecular formula is C36H26F4N4. The fourth-order valence-electron chi connectivity index (χ4n) is 6.25. The van der Waals surface area contributed by atoms with Crippen molar-refractivity contribution in [2.45, 2.75) is 18.1 Å². The first-order valence-electron chi connectivity index (χ1n) is 14.2.